The number of carbonyl (C=O) groups is 1. The quantitative estimate of drug-likeness (QED) is 0.727. The Bertz CT molecular complexity index is 967. The van der Waals surface area contributed by atoms with E-state index in [1.54, 1.807) is 0 Å². The summed E-state index contributed by atoms with van der Waals surface area (Å²) in [5.41, 5.74) is 2.75. The normalized spacial score (nSPS) is 20.5. The van der Waals surface area contributed by atoms with Crippen molar-refractivity contribution in [3.63, 3.8) is 0 Å². The van der Waals surface area contributed by atoms with Gasteiger partial charge in [-0.05, 0) is 25.0 Å². The van der Waals surface area contributed by atoms with E-state index >= 15 is 0 Å². The zero-order valence-electron chi connectivity index (χ0n) is 14.5. The number of rotatable bonds is 3. The molecule has 0 spiro atoms. The lowest BCUT2D eigenvalue weighted by Gasteiger charge is -2.17. The zero-order valence-corrected chi connectivity index (χ0v) is 14.5. The molecule has 1 atom stereocenters. The first-order valence-corrected chi connectivity index (χ1v) is 9.09. The molecular weight excluding hydrogens is 328 g/mol. The van der Waals surface area contributed by atoms with E-state index in [1.165, 1.54) is 0 Å². The van der Waals surface area contributed by atoms with Gasteiger partial charge in [-0.15, -0.1) is 0 Å². The molecule has 0 saturated carbocycles. The SMILES string of the molecule is O=C1CCCN1c1cnn(C2CCN(c3cnc4ccccc4n3)C2)c1. The Morgan fingerprint density at radius 1 is 1.08 bits per heavy atom. The molecule has 4 heterocycles. The van der Waals surface area contributed by atoms with Crippen LogP contribution in [0.1, 0.15) is 25.3 Å². The Hall–Kier alpha value is -2.96. The molecule has 0 aliphatic carbocycles. The van der Waals surface area contributed by atoms with E-state index in [2.05, 4.69) is 15.0 Å². The zero-order chi connectivity index (χ0) is 17.5. The third-order valence-corrected chi connectivity index (χ3v) is 5.27. The van der Waals surface area contributed by atoms with Gasteiger partial charge in [0.1, 0.15) is 5.82 Å². The average Bonchev–Trinajstić information content (AvgIpc) is 3.41. The van der Waals surface area contributed by atoms with Gasteiger partial charge in [0.25, 0.3) is 0 Å². The minimum absolute atomic E-state index is 0.198. The number of benzene rings is 1. The number of para-hydroxylation sites is 2. The van der Waals surface area contributed by atoms with Gasteiger partial charge in [0.15, 0.2) is 0 Å². The Balaban J connectivity index is 1.33. The third-order valence-electron chi connectivity index (χ3n) is 5.27. The van der Waals surface area contributed by atoms with Gasteiger partial charge in [0, 0.05) is 32.3 Å². The van der Waals surface area contributed by atoms with Gasteiger partial charge >= 0.3 is 0 Å². The highest BCUT2D eigenvalue weighted by Gasteiger charge is 2.28. The van der Waals surface area contributed by atoms with Gasteiger partial charge in [0.2, 0.25) is 5.91 Å². The molecule has 1 amide bonds. The van der Waals surface area contributed by atoms with Crippen molar-refractivity contribution in [2.75, 3.05) is 29.4 Å². The van der Waals surface area contributed by atoms with Crippen molar-refractivity contribution in [2.24, 2.45) is 0 Å². The minimum Gasteiger partial charge on any atom is -0.353 e. The van der Waals surface area contributed by atoms with Gasteiger partial charge in [-0.25, -0.2) is 4.98 Å². The summed E-state index contributed by atoms with van der Waals surface area (Å²) in [7, 11) is 0. The molecular formula is C19H20N6O. The summed E-state index contributed by atoms with van der Waals surface area (Å²) in [6.45, 7) is 2.58. The fraction of sp³-hybridized carbons (Fsp3) is 0.368. The van der Waals surface area contributed by atoms with Crippen LogP contribution in [0.3, 0.4) is 0 Å². The van der Waals surface area contributed by atoms with Gasteiger partial charge < -0.3 is 9.80 Å². The highest BCUT2D eigenvalue weighted by molar-refractivity contribution is 5.95. The van der Waals surface area contributed by atoms with Gasteiger partial charge in [-0.1, -0.05) is 12.1 Å². The summed E-state index contributed by atoms with van der Waals surface area (Å²) in [4.78, 5) is 25.3. The van der Waals surface area contributed by atoms with E-state index in [9.17, 15) is 4.79 Å². The lowest BCUT2D eigenvalue weighted by atomic mass is 10.3. The number of hydrogen-bond acceptors (Lipinski definition) is 5. The molecule has 1 unspecified atom stereocenters. The first-order valence-electron chi connectivity index (χ1n) is 9.09. The number of aromatic nitrogens is 4. The van der Waals surface area contributed by atoms with Crippen LogP contribution in [-0.2, 0) is 4.79 Å². The average molecular weight is 348 g/mol. The maximum atomic E-state index is 11.9. The molecule has 2 aromatic heterocycles. The molecule has 3 aromatic rings. The molecule has 2 fully saturated rings. The number of fused-ring (bicyclic) bond motifs is 1. The Morgan fingerprint density at radius 2 is 1.96 bits per heavy atom. The van der Waals surface area contributed by atoms with Crippen LogP contribution in [0, 0.1) is 0 Å². The van der Waals surface area contributed by atoms with Crippen molar-refractivity contribution in [1.29, 1.82) is 0 Å². The molecule has 2 aliphatic rings. The second-order valence-electron chi connectivity index (χ2n) is 6.93. The van der Waals surface area contributed by atoms with Crippen LogP contribution in [-0.4, -0.2) is 45.3 Å². The number of nitrogens with zero attached hydrogens (tertiary/aromatic N) is 6. The summed E-state index contributed by atoms with van der Waals surface area (Å²) < 4.78 is 2.00. The highest BCUT2D eigenvalue weighted by atomic mass is 16.2. The molecule has 2 saturated heterocycles. The second-order valence-corrected chi connectivity index (χ2v) is 6.93. The molecule has 2 aliphatic heterocycles. The van der Waals surface area contributed by atoms with Crippen molar-refractivity contribution < 1.29 is 4.79 Å². The summed E-state index contributed by atoms with van der Waals surface area (Å²) in [6.07, 6.45) is 8.24. The molecule has 7 nitrogen and oxygen atoms in total. The molecule has 0 radical (unpaired) electrons. The van der Waals surface area contributed by atoms with Gasteiger partial charge in [-0.2, -0.15) is 5.10 Å². The molecule has 7 heteroatoms. The van der Waals surface area contributed by atoms with Crippen LogP contribution >= 0.6 is 0 Å². The number of hydrogen-bond donors (Lipinski definition) is 0. The van der Waals surface area contributed by atoms with Crippen LogP contribution in [0.15, 0.2) is 42.9 Å². The van der Waals surface area contributed by atoms with E-state index in [0.29, 0.717) is 6.42 Å². The first kappa shape index (κ1) is 15.3. The summed E-state index contributed by atoms with van der Waals surface area (Å²) in [6, 6.07) is 8.21. The van der Waals surface area contributed by atoms with Crippen LogP contribution in [0.5, 0.6) is 0 Å². The first-order chi connectivity index (χ1) is 12.8. The van der Waals surface area contributed by atoms with E-state index in [0.717, 1.165) is 55.0 Å². The predicted molar refractivity (Wildman–Crippen MR) is 99.2 cm³/mol. The number of amides is 1. The highest BCUT2D eigenvalue weighted by Crippen LogP contribution is 2.28. The maximum absolute atomic E-state index is 11.9. The fourth-order valence-corrected chi connectivity index (χ4v) is 3.85. The number of anilines is 2. The maximum Gasteiger partial charge on any atom is 0.227 e. The van der Waals surface area contributed by atoms with Crippen molar-refractivity contribution in [3.8, 4) is 0 Å². The Kier molecular flexibility index (Phi) is 3.58. The number of carbonyl (C=O) groups excluding carboxylic acids is 1. The molecule has 0 N–H and O–H groups in total. The smallest absolute Gasteiger partial charge is 0.227 e. The molecule has 1 aromatic carbocycles. The standard InChI is InChI=1S/C19H20N6O/c26-19-6-3-8-24(19)15-10-21-25(13-15)14-7-9-23(12-14)18-11-20-16-4-1-2-5-17(16)22-18/h1-2,4-5,10-11,13-14H,3,6-9,12H2. The van der Waals surface area contributed by atoms with Crippen LogP contribution < -0.4 is 9.80 Å². The molecule has 26 heavy (non-hydrogen) atoms. The largest absolute Gasteiger partial charge is 0.353 e. The molecule has 132 valence electrons. The van der Waals surface area contributed by atoms with E-state index in [4.69, 9.17) is 4.98 Å². The Morgan fingerprint density at radius 3 is 2.81 bits per heavy atom. The van der Waals surface area contributed by atoms with Gasteiger partial charge in [0.05, 0.1) is 35.2 Å². The van der Waals surface area contributed by atoms with Crippen molar-refractivity contribution >= 4 is 28.4 Å². The van der Waals surface area contributed by atoms with E-state index in [-0.39, 0.29) is 11.9 Å². The van der Waals surface area contributed by atoms with Crippen LogP contribution in [0.4, 0.5) is 11.5 Å². The lowest BCUT2D eigenvalue weighted by Crippen LogP contribution is -2.23. The van der Waals surface area contributed by atoms with Crippen molar-refractivity contribution in [1.82, 2.24) is 19.7 Å². The van der Waals surface area contributed by atoms with Crippen molar-refractivity contribution in [2.45, 2.75) is 25.3 Å². The minimum atomic E-state index is 0.198. The van der Waals surface area contributed by atoms with Crippen LogP contribution in [0.2, 0.25) is 0 Å². The molecule has 5 rings (SSSR count). The topological polar surface area (TPSA) is 67.2 Å². The third kappa shape index (κ3) is 2.60. The summed E-state index contributed by atoms with van der Waals surface area (Å²) in [5, 5.41) is 4.52. The Labute approximate surface area is 151 Å². The van der Waals surface area contributed by atoms with E-state index in [1.807, 2.05) is 52.4 Å². The van der Waals surface area contributed by atoms with E-state index < -0.39 is 0 Å². The predicted octanol–water partition coefficient (Wildman–Crippen LogP) is 2.40. The van der Waals surface area contributed by atoms with Gasteiger partial charge in [-0.3, -0.25) is 14.5 Å². The summed E-state index contributed by atoms with van der Waals surface area (Å²) >= 11 is 0. The monoisotopic (exact) mass is 348 g/mol. The van der Waals surface area contributed by atoms with Crippen LogP contribution in [0.25, 0.3) is 11.0 Å². The van der Waals surface area contributed by atoms with Crippen molar-refractivity contribution in [3.05, 3.63) is 42.9 Å². The fourth-order valence-electron chi connectivity index (χ4n) is 3.85. The lowest BCUT2D eigenvalue weighted by molar-refractivity contribution is -0.117. The second kappa shape index (κ2) is 6.09. The molecule has 0 bridgehead atoms. The summed E-state index contributed by atoms with van der Waals surface area (Å²) in [5.74, 6) is 1.11.